The fraction of sp³-hybridized carbons (Fsp3) is 0.368. The molecule has 2 aliphatic heterocycles. The molecule has 6 heteroatoms. The first-order valence-corrected chi connectivity index (χ1v) is 8.28. The van der Waals surface area contributed by atoms with Crippen LogP contribution >= 0.6 is 0 Å². The quantitative estimate of drug-likeness (QED) is 0.849. The van der Waals surface area contributed by atoms with Crippen LogP contribution in [0.3, 0.4) is 0 Å². The van der Waals surface area contributed by atoms with Gasteiger partial charge in [0.25, 0.3) is 0 Å². The van der Waals surface area contributed by atoms with Crippen molar-refractivity contribution in [2.45, 2.75) is 12.3 Å². The maximum absolute atomic E-state index is 13.2. The van der Waals surface area contributed by atoms with Gasteiger partial charge in [-0.05, 0) is 48.7 Å². The molecule has 134 valence electrons. The lowest BCUT2D eigenvalue weighted by molar-refractivity contribution is -0.00000752. The lowest BCUT2D eigenvalue weighted by atomic mass is 9.81. The van der Waals surface area contributed by atoms with Crippen molar-refractivity contribution in [1.82, 2.24) is 5.32 Å². The van der Waals surface area contributed by atoms with Crippen LogP contribution in [0.25, 0.3) is 0 Å². The zero-order chi connectivity index (χ0) is 16.4. The predicted octanol–water partition coefficient (Wildman–Crippen LogP) is 0.331. The summed E-state index contributed by atoms with van der Waals surface area (Å²) in [4.78, 5) is 0. The van der Waals surface area contributed by atoms with Crippen LogP contribution in [0.4, 0.5) is 4.39 Å². The Bertz CT molecular complexity index is 710. The van der Waals surface area contributed by atoms with Gasteiger partial charge in [0.15, 0.2) is 11.5 Å². The van der Waals surface area contributed by atoms with E-state index in [-0.39, 0.29) is 25.0 Å². The van der Waals surface area contributed by atoms with E-state index in [4.69, 9.17) is 14.2 Å². The summed E-state index contributed by atoms with van der Waals surface area (Å²) in [5.41, 5.74) is 1.18. The molecule has 1 N–H and O–H groups in total. The Morgan fingerprint density at radius 3 is 2.72 bits per heavy atom. The molecule has 1 saturated heterocycles. The summed E-state index contributed by atoms with van der Waals surface area (Å²) in [5, 5.41) is 3.43. The molecule has 2 unspecified atom stereocenters. The van der Waals surface area contributed by atoms with Gasteiger partial charge in [0.1, 0.15) is 11.6 Å². The van der Waals surface area contributed by atoms with E-state index in [2.05, 4.69) is 5.32 Å². The Hall–Kier alpha value is -1.98. The second kappa shape index (κ2) is 7.93. The largest absolute Gasteiger partial charge is 1.00 e. The van der Waals surface area contributed by atoms with Crippen molar-refractivity contribution in [3.8, 4) is 17.2 Å². The van der Waals surface area contributed by atoms with Gasteiger partial charge < -0.3 is 31.9 Å². The summed E-state index contributed by atoms with van der Waals surface area (Å²) < 4.78 is 29.9. The fourth-order valence-electron chi connectivity index (χ4n) is 3.42. The van der Waals surface area contributed by atoms with Crippen LogP contribution in [-0.4, -0.2) is 26.5 Å². The van der Waals surface area contributed by atoms with Gasteiger partial charge in [0.2, 0.25) is 6.79 Å². The minimum atomic E-state index is -0.194. The van der Waals surface area contributed by atoms with Gasteiger partial charge in [0, 0.05) is 18.5 Å². The molecule has 2 aromatic carbocycles. The summed E-state index contributed by atoms with van der Waals surface area (Å²) in [5.74, 6) is 2.79. The van der Waals surface area contributed by atoms with Crippen LogP contribution in [-0.2, 0) is 0 Å². The van der Waals surface area contributed by atoms with E-state index in [1.165, 1.54) is 17.7 Å². The fourth-order valence-corrected chi connectivity index (χ4v) is 3.42. The van der Waals surface area contributed by atoms with Gasteiger partial charge in [-0.2, -0.15) is 0 Å². The molecule has 0 saturated carbocycles. The highest BCUT2D eigenvalue weighted by atomic mass is 35.5. The van der Waals surface area contributed by atoms with E-state index < -0.39 is 0 Å². The third-order valence-corrected chi connectivity index (χ3v) is 4.71. The van der Waals surface area contributed by atoms with Crippen LogP contribution in [0.5, 0.6) is 17.2 Å². The number of piperidine rings is 1. The van der Waals surface area contributed by atoms with Crippen LogP contribution in [0.15, 0.2) is 42.5 Å². The number of halogens is 2. The average Bonchev–Trinajstić information content (AvgIpc) is 3.09. The molecule has 25 heavy (non-hydrogen) atoms. The van der Waals surface area contributed by atoms with Gasteiger partial charge >= 0.3 is 0 Å². The molecule has 0 spiro atoms. The summed E-state index contributed by atoms with van der Waals surface area (Å²) in [6, 6.07) is 12.5. The Labute approximate surface area is 152 Å². The third-order valence-electron chi connectivity index (χ3n) is 4.71. The monoisotopic (exact) mass is 364 g/mol. The standard InChI is InChI=1S/C19H20FNO3.ClH/c20-15-3-1-13(2-4-15)17-7-8-21-10-14(17)11-22-16-5-6-18-19(9-16)24-12-23-18;/h1-6,9,14,17,21H,7-8,10-12H2;1H/p-1. The summed E-state index contributed by atoms with van der Waals surface area (Å²) in [7, 11) is 0. The van der Waals surface area contributed by atoms with E-state index in [0.29, 0.717) is 18.4 Å². The van der Waals surface area contributed by atoms with Crippen molar-refractivity contribution in [1.29, 1.82) is 0 Å². The van der Waals surface area contributed by atoms with Crippen LogP contribution < -0.4 is 31.9 Å². The normalized spacial score (nSPS) is 21.5. The molecular weight excluding hydrogens is 345 g/mol. The molecule has 0 radical (unpaired) electrons. The molecule has 2 heterocycles. The molecule has 0 aliphatic carbocycles. The highest BCUT2D eigenvalue weighted by Gasteiger charge is 2.27. The number of hydrogen-bond donors (Lipinski definition) is 1. The first-order chi connectivity index (χ1) is 11.8. The van der Waals surface area contributed by atoms with Crippen LogP contribution in [0.2, 0.25) is 0 Å². The van der Waals surface area contributed by atoms with E-state index >= 15 is 0 Å². The number of rotatable bonds is 4. The maximum atomic E-state index is 13.2. The van der Waals surface area contributed by atoms with E-state index in [9.17, 15) is 4.39 Å². The Balaban J connectivity index is 0.00000182. The van der Waals surface area contributed by atoms with Crippen molar-refractivity contribution in [2.24, 2.45) is 5.92 Å². The number of hydrogen-bond acceptors (Lipinski definition) is 4. The highest BCUT2D eigenvalue weighted by Crippen LogP contribution is 2.36. The first-order valence-electron chi connectivity index (χ1n) is 8.28. The Kier molecular flexibility index (Phi) is 5.66. The van der Waals surface area contributed by atoms with Crippen LogP contribution in [0, 0.1) is 11.7 Å². The first kappa shape index (κ1) is 17.8. The average molecular weight is 365 g/mol. The summed E-state index contributed by atoms with van der Waals surface area (Å²) in [6.45, 7) is 2.74. The van der Waals surface area contributed by atoms with Gasteiger partial charge in [0.05, 0.1) is 6.61 Å². The SMILES string of the molecule is Fc1ccc(C2CCNCC2COc2ccc3c(c2)OCO3)cc1.[Cl-]. The molecule has 2 aromatic rings. The molecular formula is C19H20ClFNO3-. The Morgan fingerprint density at radius 2 is 1.88 bits per heavy atom. The van der Waals surface area contributed by atoms with E-state index in [1.807, 2.05) is 30.3 Å². The minimum Gasteiger partial charge on any atom is -1.00 e. The topological polar surface area (TPSA) is 39.7 Å². The van der Waals surface area contributed by atoms with Crippen molar-refractivity contribution < 1.29 is 31.0 Å². The molecule has 0 aromatic heterocycles. The number of benzene rings is 2. The smallest absolute Gasteiger partial charge is 0.231 e. The van der Waals surface area contributed by atoms with E-state index in [1.54, 1.807) is 0 Å². The Morgan fingerprint density at radius 1 is 1.08 bits per heavy atom. The van der Waals surface area contributed by atoms with Gasteiger partial charge in [-0.3, -0.25) is 0 Å². The summed E-state index contributed by atoms with van der Waals surface area (Å²) in [6.07, 6.45) is 1.03. The molecule has 0 bridgehead atoms. The summed E-state index contributed by atoms with van der Waals surface area (Å²) >= 11 is 0. The zero-order valence-electron chi connectivity index (χ0n) is 13.7. The van der Waals surface area contributed by atoms with E-state index in [0.717, 1.165) is 36.8 Å². The third kappa shape index (κ3) is 3.99. The lowest BCUT2D eigenvalue weighted by Crippen LogP contribution is -3.00. The van der Waals surface area contributed by atoms with Gasteiger partial charge in [-0.15, -0.1) is 0 Å². The molecule has 0 amide bonds. The van der Waals surface area contributed by atoms with Gasteiger partial charge in [-0.25, -0.2) is 4.39 Å². The van der Waals surface area contributed by atoms with Crippen molar-refractivity contribution in [3.05, 3.63) is 53.8 Å². The maximum Gasteiger partial charge on any atom is 0.231 e. The molecule has 4 nitrogen and oxygen atoms in total. The number of fused-ring (bicyclic) bond motifs is 1. The molecule has 1 fully saturated rings. The second-order valence-corrected chi connectivity index (χ2v) is 6.24. The van der Waals surface area contributed by atoms with Crippen molar-refractivity contribution in [2.75, 3.05) is 26.5 Å². The lowest BCUT2D eigenvalue weighted by Gasteiger charge is -2.32. The second-order valence-electron chi connectivity index (χ2n) is 6.24. The van der Waals surface area contributed by atoms with Crippen LogP contribution in [0.1, 0.15) is 17.9 Å². The molecule has 4 rings (SSSR count). The van der Waals surface area contributed by atoms with Crippen molar-refractivity contribution >= 4 is 0 Å². The molecule has 2 aliphatic rings. The number of ether oxygens (including phenoxy) is 3. The molecule has 2 atom stereocenters. The zero-order valence-corrected chi connectivity index (χ0v) is 14.5. The van der Waals surface area contributed by atoms with Crippen molar-refractivity contribution in [3.63, 3.8) is 0 Å². The number of nitrogens with one attached hydrogen (secondary N) is 1. The van der Waals surface area contributed by atoms with Gasteiger partial charge in [-0.1, -0.05) is 12.1 Å². The highest BCUT2D eigenvalue weighted by molar-refractivity contribution is 5.46. The predicted molar refractivity (Wildman–Crippen MR) is 88.2 cm³/mol. The minimum absolute atomic E-state index is 0.